The average Bonchev–Trinajstić information content (AvgIpc) is 2.59. The van der Waals surface area contributed by atoms with Crippen LogP contribution in [0.4, 0.5) is 8.78 Å². The van der Waals surface area contributed by atoms with Crippen LogP contribution in [0.5, 0.6) is 0 Å². The van der Waals surface area contributed by atoms with Gasteiger partial charge >= 0.3 is 0 Å². The predicted octanol–water partition coefficient (Wildman–Crippen LogP) is 3.22. The normalized spacial score (nSPS) is 25.9. The standard InChI is InChI=1S/C11H12ClF2N/c1-11(3-2-4-15-11)8-5-7(13)6-9(12)10(8)14/h5-6,15H,2-4H2,1H3. The Morgan fingerprint density at radius 1 is 1.40 bits per heavy atom. The summed E-state index contributed by atoms with van der Waals surface area (Å²) in [5.41, 5.74) is -0.166. The van der Waals surface area contributed by atoms with Gasteiger partial charge in [-0.2, -0.15) is 0 Å². The van der Waals surface area contributed by atoms with Crippen LogP contribution in [0.1, 0.15) is 25.3 Å². The Hall–Kier alpha value is -0.670. The van der Waals surface area contributed by atoms with Crippen molar-refractivity contribution in [2.45, 2.75) is 25.3 Å². The maximum absolute atomic E-state index is 13.7. The molecule has 15 heavy (non-hydrogen) atoms. The second kappa shape index (κ2) is 3.72. The first-order valence-electron chi connectivity index (χ1n) is 4.93. The minimum atomic E-state index is -0.519. The van der Waals surface area contributed by atoms with Gasteiger partial charge in [0.2, 0.25) is 0 Å². The van der Waals surface area contributed by atoms with Crippen molar-refractivity contribution in [3.8, 4) is 0 Å². The monoisotopic (exact) mass is 231 g/mol. The van der Waals surface area contributed by atoms with E-state index in [0.717, 1.165) is 25.5 Å². The van der Waals surface area contributed by atoms with Crippen LogP contribution in [-0.4, -0.2) is 6.54 Å². The zero-order valence-electron chi connectivity index (χ0n) is 8.41. The summed E-state index contributed by atoms with van der Waals surface area (Å²) >= 11 is 5.62. The molecule has 82 valence electrons. The van der Waals surface area contributed by atoms with E-state index in [1.807, 2.05) is 6.92 Å². The summed E-state index contributed by atoms with van der Waals surface area (Å²) in [6.45, 7) is 2.69. The van der Waals surface area contributed by atoms with Crippen molar-refractivity contribution in [1.82, 2.24) is 5.32 Å². The van der Waals surface area contributed by atoms with E-state index >= 15 is 0 Å². The highest BCUT2D eigenvalue weighted by Gasteiger charge is 2.33. The van der Waals surface area contributed by atoms with Gasteiger partial charge in [-0.15, -0.1) is 0 Å². The molecule has 2 rings (SSSR count). The van der Waals surface area contributed by atoms with E-state index in [9.17, 15) is 8.78 Å². The van der Waals surface area contributed by atoms with Crippen molar-refractivity contribution < 1.29 is 8.78 Å². The third-order valence-corrected chi connectivity index (χ3v) is 3.23. The molecular weight excluding hydrogens is 220 g/mol. The largest absolute Gasteiger partial charge is 0.308 e. The highest BCUT2D eigenvalue weighted by molar-refractivity contribution is 6.30. The third-order valence-electron chi connectivity index (χ3n) is 2.96. The lowest BCUT2D eigenvalue weighted by atomic mass is 9.90. The number of halogens is 3. The van der Waals surface area contributed by atoms with Crippen LogP contribution < -0.4 is 5.32 Å². The number of benzene rings is 1. The quantitative estimate of drug-likeness (QED) is 0.732. The SMILES string of the molecule is CC1(c2cc(F)cc(Cl)c2F)CCCN1. The minimum absolute atomic E-state index is 0.153. The molecule has 0 bridgehead atoms. The molecule has 1 N–H and O–H groups in total. The number of rotatable bonds is 1. The zero-order valence-corrected chi connectivity index (χ0v) is 9.17. The van der Waals surface area contributed by atoms with Gasteiger partial charge in [-0.1, -0.05) is 11.6 Å². The fourth-order valence-corrected chi connectivity index (χ4v) is 2.29. The molecule has 0 aromatic heterocycles. The first-order chi connectivity index (χ1) is 7.03. The molecule has 1 aliphatic rings. The summed E-state index contributed by atoms with van der Waals surface area (Å²) in [6.07, 6.45) is 1.76. The Morgan fingerprint density at radius 3 is 2.73 bits per heavy atom. The maximum Gasteiger partial charge on any atom is 0.147 e. The molecule has 1 aromatic rings. The van der Waals surface area contributed by atoms with Crippen LogP contribution in [0.15, 0.2) is 12.1 Å². The summed E-state index contributed by atoms with van der Waals surface area (Å²) in [5.74, 6) is -1.01. The molecule has 1 saturated heterocycles. The van der Waals surface area contributed by atoms with Crippen LogP contribution in [0.2, 0.25) is 5.02 Å². The summed E-state index contributed by atoms with van der Waals surface area (Å²) < 4.78 is 26.9. The van der Waals surface area contributed by atoms with E-state index < -0.39 is 17.2 Å². The molecule has 1 atom stereocenters. The van der Waals surface area contributed by atoms with E-state index in [0.29, 0.717) is 5.56 Å². The topological polar surface area (TPSA) is 12.0 Å². The van der Waals surface area contributed by atoms with E-state index in [-0.39, 0.29) is 5.02 Å². The lowest BCUT2D eigenvalue weighted by Gasteiger charge is -2.25. The van der Waals surface area contributed by atoms with Gasteiger partial charge in [0, 0.05) is 11.1 Å². The lowest BCUT2D eigenvalue weighted by molar-refractivity contribution is 0.407. The fraction of sp³-hybridized carbons (Fsp3) is 0.455. The van der Waals surface area contributed by atoms with Gasteiger partial charge in [-0.05, 0) is 38.4 Å². The van der Waals surface area contributed by atoms with Crippen molar-refractivity contribution >= 4 is 11.6 Å². The lowest BCUT2D eigenvalue weighted by Crippen LogP contribution is -2.34. The van der Waals surface area contributed by atoms with Gasteiger partial charge in [-0.3, -0.25) is 0 Å². The first-order valence-corrected chi connectivity index (χ1v) is 5.31. The van der Waals surface area contributed by atoms with Crippen LogP contribution >= 0.6 is 11.6 Å². The van der Waals surface area contributed by atoms with E-state index in [1.54, 1.807) is 0 Å². The molecule has 1 unspecified atom stereocenters. The zero-order chi connectivity index (χ0) is 11.1. The molecule has 0 aliphatic carbocycles. The Bertz CT molecular complexity index is 386. The molecule has 4 heteroatoms. The highest BCUT2D eigenvalue weighted by Crippen LogP contribution is 2.34. The van der Waals surface area contributed by atoms with E-state index in [4.69, 9.17) is 11.6 Å². The Kier molecular flexibility index (Phi) is 2.69. The van der Waals surface area contributed by atoms with Gasteiger partial charge in [0.25, 0.3) is 0 Å². The summed E-state index contributed by atoms with van der Waals surface area (Å²) in [7, 11) is 0. The number of hydrogen-bond acceptors (Lipinski definition) is 1. The number of nitrogens with one attached hydrogen (secondary N) is 1. The molecule has 1 nitrogen and oxygen atoms in total. The minimum Gasteiger partial charge on any atom is -0.308 e. The maximum atomic E-state index is 13.7. The van der Waals surface area contributed by atoms with Crippen LogP contribution in [0, 0.1) is 11.6 Å². The van der Waals surface area contributed by atoms with Crippen LogP contribution in [0.25, 0.3) is 0 Å². The molecule has 0 saturated carbocycles. The second-order valence-electron chi connectivity index (χ2n) is 4.11. The van der Waals surface area contributed by atoms with Gasteiger partial charge in [0.05, 0.1) is 5.02 Å². The van der Waals surface area contributed by atoms with Crippen molar-refractivity contribution in [2.24, 2.45) is 0 Å². The fourth-order valence-electron chi connectivity index (χ4n) is 2.08. The van der Waals surface area contributed by atoms with Gasteiger partial charge in [-0.25, -0.2) is 8.78 Å². The molecule has 1 aromatic carbocycles. The van der Waals surface area contributed by atoms with Crippen LogP contribution in [-0.2, 0) is 5.54 Å². The highest BCUT2D eigenvalue weighted by atomic mass is 35.5. The number of hydrogen-bond donors (Lipinski definition) is 1. The summed E-state index contributed by atoms with van der Waals surface area (Å²) in [4.78, 5) is 0. The smallest absolute Gasteiger partial charge is 0.147 e. The molecule has 0 radical (unpaired) electrons. The van der Waals surface area contributed by atoms with Crippen molar-refractivity contribution in [1.29, 1.82) is 0 Å². The second-order valence-corrected chi connectivity index (χ2v) is 4.52. The molecule has 0 amide bonds. The molecule has 1 heterocycles. The van der Waals surface area contributed by atoms with E-state index in [1.165, 1.54) is 6.07 Å². The van der Waals surface area contributed by atoms with Gasteiger partial charge in [0.15, 0.2) is 0 Å². The summed E-state index contributed by atoms with van der Waals surface area (Å²) in [6, 6.07) is 2.22. The molecule has 1 aliphatic heterocycles. The molecular formula is C11H12ClF2N. The van der Waals surface area contributed by atoms with Crippen LogP contribution in [0.3, 0.4) is 0 Å². The van der Waals surface area contributed by atoms with Crippen molar-refractivity contribution in [2.75, 3.05) is 6.54 Å². The first kappa shape index (κ1) is 10.8. The van der Waals surface area contributed by atoms with Crippen molar-refractivity contribution in [3.05, 3.63) is 34.4 Å². The Morgan fingerprint density at radius 2 is 2.13 bits per heavy atom. The predicted molar refractivity (Wildman–Crippen MR) is 56.0 cm³/mol. The average molecular weight is 232 g/mol. The van der Waals surface area contributed by atoms with Crippen molar-refractivity contribution in [3.63, 3.8) is 0 Å². The third kappa shape index (κ3) is 1.86. The Labute approximate surface area is 92.4 Å². The van der Waals surface area contributed by atoms with Gasteiger partial charge < -0.3 is 5.32 Å². The van der Waals surface area contributed by atoms with E-state index in [2.05, 4.69) is 5.32 Å². The van der Waals surface area contributed by atoms with Gasteiger partial charge in [0.1, 0.15) is 11.6 Å². The summed E-state index contributed by atoms with van der Waals surface area (Å²) in [5, 5.41) is 3.03. The molecule has 1 fully saturated rings. The molecule has 0 spiro atoms. The Balaban J connectivity index is 2.51.